The molecule has 1 aliphatic heterocycles. The van der Waals surface area contributed by atoms with Crippen LogP contribution >= 0.6 is 0 Å². The van der Waals surface area contributed by atoms with Crippen LogP contribution in [0.15, 0.2) is 6.07 Å². The van der Waals surface area contributed by atoms with Gasteiger partial charge >= 0.3 is 0 Å². The third-order valence-electron chi connectivity index (χ3n) is 3.64. The number of anilines is 2. The topological polar surface area (TPSA) is 75.2 Å². The van der Waals surface area contributed by atoms with Crippen LogP contribution in [-0.2, 0) is 9.84 Å². The lowest BCUT2D eigenvalue weighted by molar-refractivity contribution is 0.602. The molecule has 0 aliphatic carbocycles. The van der Waals surface area contributed by atoms with Gasteiger partial charge in [0.05, 0.1) is 11.5 Å². The monoisotopic (exact) mass is 312 g/mol. The largest absolute Gasteiger partial charge is 0.360 e. The van der Waals surface area contributed by atoms with Gasteiger partial charge in [-0.25, -0.2) is 13.4 Å². The first-order valence-electron chi connectivity index (χ1n) is 7.43. The molecule has 1 aliphatic rings. The van der Waals surface area contributed by atoms with Crippen molar-refractivity contribution < 1.29 is 8.42 Å². The maximum absolute atomic E-state index is 11.5. The van der Waals surface area contributed by atoms with Crippen molar-refractivity contribution in [1.82, 2.24) is 9.97 Å². The van der Waals surface area contributed by atoms with E-state index in [1.165, 1.54) is 0 Å². The summed E-state index contributed by atoms with van der Waals surface area (Å²) in [6.45, 7) is 5.03. The molecule has 0 amide bonds. The van der Waals surface area contributed by atoms with Crippen LogP contribution in [-0.4, -0.2) is 49.5 Å². The van der Waals surface area contributed by atoms with E-state index in [0.717, 1.165) is 30.9 Å². The van der Waals surface area contributed by atoms with Crippen LogP contribution in [0.3, 0.4) is 0 Å². The maximum atomic E-state index is 11.5. The fraction of sp³-hybridized carbons (Fsp3) is 0.714. The van der Waals surface area contributed by atoms with Gasteiger partial charge in [-0.2, -0.15) is 4.98 Å². The van der Waals surface area contributed by atoms with E-state index in [-0.39, 0.29) is 17.5 Å². The second-order valence-electron chi connectivity index (χ2n) is 5.71. The molecule has 118 valence electrons. The second kappa shape index (κ2) is 6.60. The average molecular weight is 312 g/mol. The van der Waals surface area contributed by atoms with Crippen LogP contribution in [0.1, 0.15) is 31.9 Å². The van der Waals surface area contributed by atoms with Crippen LogP contribution in [0.4, 0.5) is 11.8 Å². The van der Waals surface area contributed by atoms with Gasteiger partial charge in [0.2, 0.25) is 5.95 Å². The molecular formula is C14H24N4O2S. The Balaban J connectivity index is 2.08. The van der Waals surface area contributed by atoms with E-state index in [1.54, 1.807) is 0 Å². The van der Waals surface area contributed by atoms with Gasteiger partial charge in [0.1, 0.15) is 5.82 Å². The number of unbranched alkanes of at least 4 members (excludes halogenated alkanes) is 1. The third kappa shape index (κ3) is 4.56. The summed E-state index contributed by atoms with van der Waals surface area (Å²) in [5.41, 5.74) is 0.881. The third-order valence-corrected chi connectivity index (χ3v) is 5.41. The van der Waals surface area contributed by atoms with E-state index in [4.69, 9.17) is 0 Å². The Morgan fingerprint density at radius 1 is 1.43 bits per heavy atom. The van der Waals surface area contributed by atoms with Gasteiger partial charge in [0, 0.05) is 31.4 Å². The summed E-state index contributed by atoms with van der Waals surface area (Å²) in [7, 11) is -0.878. The first-order chi connectivity index (χ1) is 9.89. The Labute approximate surface area is 126 Å². The van der Waals surface area contributed by atoms with Gasteiger partial charge in [-0.1, -0.05) is 13.3 Å². The molecule has 1 N–H and O–H groups in total. The number of nitrogens with zero attached hydrogens (tertiary/aromatic N) is 3. The molecule has 6 nitrogen and oxygen atoms in total. The molecule has 2 heterocycles. The summed E-state index contributed by atoms with van der Waals surface area (Å²) in [6.07, 6.45) is 2.88. The number of aryl methyl sites for hydroxylation is 1. The quantitative estimate of drug-likeness (QED) is 0.860. The smallest absolute Gasteiger partial charge is 0.225 e. The SMILES string of the molecule is CCCCN(C)c1cc(C)nc(NC2CCS(=O)(=O)C2)n1. The molecule has 1 saturated heterocycles. The zero-order valence-corrected chi connectivity index (χ0v) is 13.8. The van der Waals surface area contributed by atoms with Crippen LogP contribution < -0.4 is 10.2 Å². The highest BCUT2D eigenvalue weighted by molar-refractivity contribution is 7.91. The predicted molar refractivity (Wildman–Crippen MR) is 85.6 cm³/mol. The van der Waals surface area contributed by atoms with Gasteiger partial charge in [-0.3, -0.25) is 0 Å². The first-order valence-corrected chi connectivity index (χ1v) is 9.25. The van der Waals surface area contributed by atoms with Crippen molar-refractivity contribution in [1.29, 1.82) is 0 Å². The Morgan fingerprint density at radius 3 is 2.81 bits per heavy atom. The fourth-order valence-corrected chi connectivity index (χ4v) is 4.09. The van der Waals surface area contributed by atoms with Crippen LogP contribution in [0, 0.1) is 6.92 Å². The highest BCUT2D eigenvalue weighted by Crippen LogP contribution is 2.18. The lowest BCUT2D eigenvalue weighted by atomic mass is 10.3. The number of rotatable bonds is 6. The molecule has 0 spiro atoms. The van der Waals surface area contributed by atoms with Crippen LogP contribution in [0.5, 0.6) is 0 Å². The first kappa shape index (κ1) is 16.0. The minimum Gasteiger partial charge on any atom is -0.360 e. The minimum atomic E-state index is -2.89. The molecule has 0 radical (unpaired) electrons. The van der Waals surface area contributed by atoms with Gasteiger partial charge in [0.25, 0.3) is 0 Å². The van der Waals surface area contributed by atoms with Crippen molar-refractivity contribution in [2.45, 2.75) is 39.2 Å². The van der Waals surface area contributed by atoms with Crippen molar-refractivity contribution in [2.24, 2.45) is 0 Å². The summed E-state index contributed by atoms with van der Waals surface area (Å²) in [5, 5.41) is 3.16. The van der Waals surface area contributed by atoms with E-state index in [9.17, 15) is 8.42 Å². The molecule has 0 saturated carbocycles. The Bertz CT molecular complexity index is 589. The normalized spacial score (nSPS) is 20.4. The number of hydrogen-bond acceptors (Lipinski definition) is 6. The summed E-state index contributed by atoms with van der Waals surface area (Å²) >= 11 is 0. The van der Waals surface area contributed by atoms with E-state index in [2.05, 4.69) is 27.1 Å². The molecule has 1 unspecified atom stereocenters. The Morgan fingerprint density at radius 2 is 2.19 bits per heavy atom. The zero-order valence-electron chi connectivity index (χ0n) is 13.0. The second-order valence-corrected chi connectivity index (χ2v) is 7.94. The number of aromatic nitrogens is 2. The molecule has 1 atom stereocenters. The van der Waals surface area contributed by atoms with Crippen molar-refractivity contribution in [3.05, 3.63) is 11.8 Å². The van der Waals surface area contributed by atoms with Crippen LogP contribution in [0.2, 0.25) is 0 Å². The number of sulfone groups is 1. The summed E-state index contributed by atoms with van der Waals surface area (Å²) in [5.74, 6) is 1.82. The lowest BCUT2D eigenvalue weighted by Gasteiger charge is -2.19. The van der Waals surface area contributed by atoms with Crippen molar-refractivity contribution in [2.75, 3.05) is 35.3 Å². The van der Waals surface area contributed by atoms with Crippen molar-refractivity contribution in [3.8, 4) is 0 Å². The minimum absolute atomic E-state index is 0.0782. The lowest BCUT2D eigenvalue weighted by Crippen LogP contribution is -2.24. The molecule has 0 aromatic carbocycles. The number of hydrogen-bond donors (Lipinski definition) is 1. The van der Waals surface area contributed by atoms with E-state index >= 15 is 0 Å². The molecular weight excluding hydrogens is 288 g/mol. The standard InChI is InChI=1S/C14H24N4O2S/c1-4-5-7-18(3)13-9-11(2)15-14(17-13)16-12-6-8-21(19,20)10-12/h9,12H,4-8,10H2,1-3H3,(H,15,16,17). The van der Waals surface area contributed by atoms with Crippen molar-refractivity contribution >= 4 is 21.6 Å². The van der Waals surface area contributed by atoms with E-state index in [0.29, 0.717) is 12.4 Å². The van der Waals surface area contributed by atoms with E-state index < -0.39 is 9.84 Å². The molecule has 7 heteroatoms. The van der Waals surface area contributed by atoms with Gasteiger partial charge < -0.3 is 10.2 Å². The molecule has 0 bridgehead atoms. The van der Waals surface area contributed by atoms with E-state index in [1.807, 2.05) is 20.0 Å². The Hall–Kier alpha value is -1.37. The van der Waals surface area contributed by atoms with Gasteiger partial charge in [0.15, 0.2) is 9.84 Å². The fourth-order valence-electron chi connectivity index (χ4n) is 2.41. The summed E-state index contributed by atoms with van der Waals surface area (Å²) in [6, 6.07) is 1.87. The molecule has 2 rings (SSSR count). The molecule has 1 aromatic heterocycles. The highest BCUT2D eigenvalue weighted by Gasteiger charge is 2.28. The summed E-state index contributed by atoms with van der Waals surface area (Å²) in [4.78, 5) is 11.0. The summed E-state index contributed by atoms with van der Waals surface area (Å²) < 4.78 is 23.0. The van der Waals surface area contributed by atoms with Crippen molar-refractivity contribution in [3.63, 3.8) is 0 Å². The average Bonchev–Trinajstić information content (AvgIpc) is 2.74. The molecule has 1 aromatic rings. The maximum Gasteiger partial charge on any atom is 0.225 e. The van der Waals surface area contributed by atoms with Gasteiger partial charge in [-0.05, 0) is 19.8 Å². The molecule has 21 heavy (non-hydrogen) atoms. The van der Waals surface area contributed by atoms with Gasteiger partial charge in [-0.15, -0.1) is 0 Å². The van der Waals surface area contributed by atoms with Crippen LogP contribution in [0.25, 0.3) is 0 Å². The predicted octanol–water partition coefficient (Wildman–Crippen LogP) is 1.62. The number of nitrogens with one attached hydrogen (secondary N) is 1. The zero-order chi connectivity index (χ0) is 15.5. The molecule has 1 fully saturated rings. The highest BCUT2D eigenvalue weighted by atomic mass is 32.2. The Kier molecular flexibility index (Phi) is 5.03.